The standard InChI is InChI=1S/C14H18N4O3.ClH/c15-14(16-6-5-9(20)8-19)18-13(21)11-7-17-12-4-2-1-3-10(11)12;/h1-4,7,9,17,19-20H,5-6,8H2,(H3,15,16,18,21);1H. The number of halogens is 1. The molecule has 1 heterocycles. The number of H-pyrrole nitrogens is 1. The van der Waals surface area contributed by atoms with Gasteiger partial charge in [-0.25, -0.2) is 0 Å². The number of aromatic amines is 1. The fraction of sp³-hybridized carbons (Fsp3) is 0.286. The van der Waals surface area contributed by atoms with E-state index >= 15 is 0 Å². The third-order valence-corrected chi connectivity index (χ3v) is 3.04. The summed E-state index contributed by atoms with van der Waals surface area (Å²) in [5.41, 5.74) is 6.92. The average Bonchev–Trinajstić information content (AvgIpc) is 2.91. The molecule has 0 radical (unpaired) electrons. The number of hydrogen-bond acceptors (Lipinski definition) is 3. The number of rotatable bonds is 5. The van der Waals surface area contributed by atoms with E-state index in [0.717, 1.165) is 10.9 Å². The van der Waals surface area contributed by atoms with Crippen molar-refractivity contribution in [3.8, 4) is 0 Å². The largest absolute Gasteiger partial charge is 0.394 e. The minimum Gasteiger partial charge on any atom is -0.394 e. The van der Waals surface area contributed by atoms with E-state index in [1.165, 1.54) is 0 Å². The molecule has 1 unspecified atom stereocenters. The second-order valence-electron chi connectivity index (χ2n) is 4.60. The fourth-order valence-electron chi connectivity index (χ4n) is 1.92. The zero-order chi connectivity index (χ0) is 15.2. The third kappa shape index (κ3) is 4.45. The first-order valence-electron chi connectivity index (χ1n) is 6.59. The number of aromatic nitrogens is 1. The van der Waals surface area contributed by atoms with Crippen LogP contribution in [0.2, 0.25) is 0 Å². The Morgan fingerprint density at radius 2 is 2.14 bits per heavy atom. The Labute approximate surface area is 133 Å². The molecule has 0 fully saturated rings. The molecule has 1 amide bonds. The maximum Gasteiger partial charge on any atom is 0.282 e. The summed E-state index contributed by atoms with van der Waals surface area (Å²) in [5.74, 6) is -0.462. The zero-order valence-corrected chi connectivity index (χ0v) is 12.6. The maximum absolute atomic E-state index is 12.1. The van der Waals surface area contributed by atoms with Gasteiger partial charge in [-0.05, 0) is 12.5 Å². The number of aliphatic imine (C=N–C) groups is 1. The molecule has 7 nitrogen and oxygen atoms in total. The van der Waals surface area contributed by atoms with Crippen molar-refractivity contribution < 1.29 is 15.0 Å². The number of fused-ring (bicyclic) bond motifs is 1. The van der Waals surface area contributed by atoms with Gasteiger partial charge >= 0.3 is 0 Å². The van der Waals surface area contributed by atoms with Crippen LogP contribution in [0.1, 0.15) is 16.8 Å². The summed E-state index contributed by atoms with van der Waals surface area (Å²) in [6.07, 6.45) is 1.10. The second kappa shape index (κ2) is 8.38. The molecule has 0 aliphatic carbocycles. The Hall–Kier alpha value is -2.09. The van der Waals surface area contributed by atoms with Crippen molar-refractivity contribution >= 4 is 35.2 Å². The molecule has 0 aliphatic rings. The molecular weight excluding hydrogens is 308 g/mol. The number of carbonyl (C=O) groups is 1. The minimum atomic E-state index is -0.811. The van der Waals surface area contributed by atoms with E-state index in [1.54, 1.807) is 6.20 Å². The molecule has 1 aromatic heterocycles. The highest BCUT2D eigenvalue weighted by Gasteiger charge is 2.11. The van der Waals surface area contributed by atoms with Crippen molar-refractivity contribution in [2.45, 2.75) is 12.5 Å². The summed E-state index contributed by atoms with van der Waals surface area (Å²) in [4.78, 5) is 18.8. The Balaban J connectivity index is 0.00000242. The van der Waals surface area contributed by atoms with Crippen LogP contribution in [0.5, 0.6) is 0 Å². The summed E-state index contributed by atoms with van der Waals surface area (Å²) in [7, 11) is 0. The third-order valence-electron chi connectivity index (χ3n) is 3.04. The molecule has 0 spiro atoms. The van der Waals surface area contributed by atoms with Crippen molar-refractivity contribution in [1.29, 1.82) is 0 Å². The Morgan fingerprint density at radius 3 is 2.86 bits per heavy atom. The van der Waals surface area contributed by atoms with Gasteiger partial charge in [-0.1, -0.05) is 18.2 Å². The molecule has 2 rings (SSSR count). The van der Waals surface area contributed by atoms with Crippen LogP contribution < -0.4 is 11.1 Å². The number of amides is 1. The Morgan fingerprint density at radius 1 is 1.41 bits per heavy atom. The molecule has 1 aromatic carbocycles. The topological polar surface area (TPSA) is 124 Å². The van der Waals surface area contributed by atoms with Gasteiger partial charge in [0.25, 0.3) is 5.91 Å². The van der Waals surface area contributed by atoms with Gasteiger partial charge in [0, 0.05) is 23.6 Å². The van der Waals surface area contributed by atoms with Crippen LogP contribution >= 0.6 is 12.4 Å². The molecule has 0 saturated carbocycles. The van der Waals surface area contributed by atoms with E-state index in [-0.39, 0.29) is 25.0 Å². The maximum atomic E-state index is 12.1. The van der Waals surface area contributed by atoms with Gasteiger partial charge in [0.05, 0.1) is 18.3 Å². The lowest BCUT2D eigenvalue weighted by Gasteiger charge is -2.08. The van der Waals surface area contributed by atoms with Crippen molar-refractivity contribution in [2.24, 2.45) is 10.7 Å². The van der Waals surface area contributed by atoms with Gasteiger partial charge in [0.1, 0.15) is 0 Å². The average molecular weight is 327 g/mol. The van der Waals surface area contributed by atoms with Crippen molar-refractivity contribution in [3.05, 3.63) is 36.0 Å². The number of para-hydroxylation sites is 1. The second-order valence-corrected chi connectivity index (χ2v) is 4.60. The lowest BCUT2D eigenvalue weighted by molar-refractivity contribution is 0.0893. The smallest absolute Gasteiger partial charge is 0.282 e. The number of hydrogen-bond donors (Lipinski definition) is 5. The summed E-state index contributed by atoms with van der Waals surface area (Å²) in [6, 6.07) is 7.41. The molecular formula is C14H19ClN4O3. The summed E-state index contributed by atoms with van der Waals surface area (Å²) in [6.45, 7) is 0.00518. The molecule has 120 valence electrons. The van der Waals surface area contributed by atoms with E-state index in [0.29, 0.717) is 18.5 Å². The highest BCUT2D eigenvalue weighted by molar-refractivity contribution is 6.10. The van der Waals surface area contributed by atoms with Gasteiger partial charge in [-0.3, -0.25) is 4.79 Å². The first-order valence-corrected chi connectivity index (χ1v) is 6.59. The number of aliphatic hydroxyl groups excluding tert-OH is 2. The van der Waals surface area contributed by atoms with Crippen molar-refractivity contribution in [2.75, 3.05) is 13.2 Å². The van der Waals surface area contributed by atoms with Crippen LogP contribution in [0.4, 0.5) is 0 Å². The number of carbonyl (C=O) groups excluding carboxylic acids is 1. The number of benzene rings is 1. The van der Waals surface area contributed by atoms with Gasteiger partial charge in [-0.15, -0.1) is 12.4 Å². The number of nitrogens with one attached hydrogen (secondary N) is 2. The molecule has 2 aromatic rings. The number of guanidine groups is 1. The fourth-order valence-corrected chi connectivity index (χ4v) is 1.92. The molecule has 0 saturated heterocycles. The van der Waals surface area contributed by atoms with Gasteiger partial charge in [0.15, 0.2) is 5.96 Å². The van der Waals surface area contributed by atoms with Crippen molar-refractivity contribution in [1.82, 2.24) is 10.3 Å². The van der Waals surface area contributed by atoms with E-state index < -0.39 is 12.0 Å². The normalized spacial score (nSPS) is 12.7. The minimum absolute atomic E-state index is 0. The van der Waals surface area contributed by atoms with E-state index in [9.17, 15) is 9.90 Å². The SMILES string of the molecule is Cl.NC(=NC(=O)c1c[nH]c2ccccc12)NCCC(O)CO. The van der Waals surface area contributed by atoms with Gasteiger partial charge < -0.3 is 26.2 Å². The monoisotopic (exact) mass is 326 g/mol. The van der Waals surface area contributed by atoms with E-state index in [1.807, 2.05) is 24.3 Å². The lowest BCUT2D eigenvalue weighted by atomic mass is 10.2. The Bertz CT molecular complexity index is 656. The summed E-state index contributed by atoms with van der Waals surface area (Å²) >= 11 is 0. The van der Waals surface area contributed by atoms with Gasteiger partial charge in [-0.2, -0.15) is 4.99 Å². The summed E-state index contributed by atoms with van der Waals surface area (Å²) in [5, 5.41) is 21.4. The van der Waals surface area contributed by atoms with Crippen molar-refractivity contribution in [3.63, 3.8) is 0 Å². The lowest BCUT2D eigenvalue weighted by Crippen LogP contribution is -2.35. The van der Waals surface area contributed by atoms with E-state index in [4.69, 9.17) is 10.8 Å². The quantitative estimate of drug-likeness (QED) is 0.401. The number of aliphatic hydroxyl groups is 2. The van der Waals surface area contributed by atoms with Crippen LogP contribution in [-0.4, -0.2) is 46.3 Å². The summed E-state index contributed by atoms with van der Waals surface area (Å²) < 4.78 is 0. The molecule has 0 bridgehead atoms. The highest BCUT2D eigenvalue weighted by atomic mass is 35.5. The number of nitrogens with two attached hydrogens (primary N) is 1. The predicted molar refractivity (Wildman–Crippen MR) is 87.2 cm³/mol. The van der Waals surface area contributed by atoms with Crippen LogP contribution in [0.25, 0.3) is 10.9 Å². The van der Waals surface area contributed by atoms with Crippen LogP contribution in [0.15, 0.2) is 35.5 Å². The molecule has 1 atom stereocenters. The first-order chi connectivity index (χ1) is 10.1. The number of nitrogens with zero attached hydrogens (tertiary/aromatic N) is 1. The van der Waals surface area contributed by atoms with Crippen LogP contribution in [0, 0.1) is 0 Å². The van der Waals surface area contributed by atoms with Crippen LogP contribution in [-0.2, 0) is 0 Å². The highest BCUT2D eigenvalue weighted by Crippen LogP contribution is 2.18. The van der Waals surface area contributed by atoms with Crippen LogP contribution in [0.3, 0.4) is 0 Å². The van der Waals surface area contributed by atoms with Gasteiger partial charge in [0.2, 0.25) is 0 Å². The molecule has 0 aliphatic heterocycles. The molecule has 6 N–H and O–H groups in total. The van der Waals surface area contributed by atoms with E-state index in [2.05, 4.69) is 15.3 Å². The molecule has 22 heavy (non-hydrogen) atoms. The predicted octanol–water partition coefficient (Wildman–Crippen LogP) is 0.377. The zero-order valence-electron chi connectivity index (χ0n) is 11.8. The molecule has 8 heteroatoms. The Kier molecular flexibility index (Phi) is 6.84. The first kappa shape index (κ1) is 18.0.